The Bertz CT molecular complexity index is 379. The molecule has 1 aromatic carbocycles. The minimum Gasteiger partial charge on any atom is -0.349 e. The van der Waals surface area contributed by atoms with Crippen LogP contribution in [0.4, 0.5) is 0 Å². The van der Waals surface area contributed by atoms with Gasteiger partial charge in [-0.1, -0.05) is 50.1 Å². The fourth-order valence-corrected chi connectivity index (χ4v) is 2.16. The molecule has 0 saturated carbocycles. The minimum atomic E-state index is -0.242. The van der Waals surface area contributed by atoms with Crippen molar-refractivity contribution < 1.29 is 9.47 Å². The number of hydrogen-bond acceptors (Lipinski definition) is 2. The van der Waals surface area contributed by atoms with E-state index in [9.17, 15) is 0 Å². The lowest BCUT2D eigenvalue weighted by Gasteiger charge is -2.13. The van der Waals surface area contributed by atoms with Gasteiger partial charge in [-0.2, -0.15) is 0 Å². The van der Waals surface area contributed by atoms with E-state index < -0.39 is 0 Å². The van der Waals surface area contributed by atoms with Gasteiger partial charge in [0.15, 0.2) is 6.29 Å². The molecule has 0 saturated heterocycles. The van der Waals surface area contributed by atoms with Crippen LogP contribution in [0.15, 0.2) is 30.3 Å². The summed E-state index contributed by atoms with van der Waals surface area (Å²) in [6.07, 6.45) is 8.83. The van der Waals surface area contributed by atoms with Crippen LogP contribution in [0.3, 0.4) is 0 Å². The molecule has 0 unspecified atom stereocenters. The van der Waals surface area contributed by atoms with Crippen molar-refractivity contribution in [2.24, 2.45) is 0 Å². The normalized spacial score (nSPS) is 11.6. The van der Waals surface area contributed by atoms with Crippen LogP contribution >= 0.6 is 0 Å². The summed E-state index contributed by atoms with van der Waals surface area (Å²) in [5, 5.41) is 0. The molecule has 0 aliphatic rings. The van der Waals surface area contributed by atoms with E-state index in [2.05, 4.69) is 37.3 Å². The Labute approximate surface area is 123 Å². The summed E-state index contributed by atoms with van der Waals surface area (Å²) in [6.45, 7) is 7.53. The maximum Gasteiger partial charge on any atom is 0.177 e. The molecule has 0 N–H and O–H groups in total. The molecule has 0 atom stereocenters. The van der Waals surface area contributed by atoms with Crippen molar-refractivity contribution in [2.45, 2.75) is 52.7 Å². The SMILES string of the molecule is CCCCCc1ccccc1C=CC(OCC)OCC. The molecule has 0 bridgehead atoms. The van der Waals surface area contributed by atoms with E-state index in [1.54, 1.807) is 0 Å². The first-order valence-electron chi connectivity index (χ1n) is 7.81. The lowest BCUT2D eigenvalue weighted by atomic mass is 10.0. The second-order valence-corrected chi connectivity index (χ2v) is 4.79. The Morgan fingerprint density at radius 1 is 1.00 bits per heavy atom. The van der Waals surface area contributed by atoms with E-state index in [1.165, 1.54) is 30.4 Å². The van der Waals surface area contributed by atoms with Gasteiger partial charge in [0.2, 0.25) is 0 Å². The van der Waals surface area contributed by atoms with E-state index >= 15 is 0 Å². The molecule has 0 aliphatic heterocycles. The Hall–Kier alpha value is -1.12. The lowest BCUT2D eigenvalue weighted by molar-refractivity contribution is -0.103. The second-order valence-electron chi connectivity index (χ2n) is 4.79. The number of aryl methyl sites for hydroxylation is 1. The summed E-state index contributed by atoms with van der Waals surface area (Å²) in [6, 6.07) is 8.57. The molecule has 0 heterocycles. The van der Waals surface area contributed by atoms with Crippen molar-refractivity contribution in [2.75, 3.05) is 13.2 Å². The number of unbranched alkanes of at least 4 members (excludes halogenated alkanes) is 2. The summed E-state index contributed by atoms with van der Waals surface area (Å²) in [5.74, 6) is 0. The quantitative estimate of drug-likeness (QED) is 0.450. The monoisotopic (exact) mass is 276 g/mol. The molecule has 112 valence electrons. The van der Waals surface area contributed by atoms with Gasteiger partial charge in [-0.3, -0.25) is 0 Å². The fraction of sp³-hybridized carbons (Fsp3) is 0.556. The van der Waals surface area contributed by atoms with Crippen molar-refractivity contribution in [1.82, 2.24) is 0 Å². The van der Waals surface area contributed by atoms with Gasteiger partial charge in [-0.25, -0.2) is 0 Å². The van der Waals surface area contributed by atoms with Crippen LogP contribution in [-0.2, 0) is 15.9 Å². The van der Waals surface area contributed by atoms with Crippen LogP contribution in [0, 0.1) is 0 Å². The van der Waals surface area contributed by atoms with Gasteiger partial charge in [0.1, 0.15) is 0 Å². The smallest absolute Gasteiger partial charge is 0.177 e. The highest BCUT2D eigenvalue weighted by Gasteiger charge is 2.03. The third-order valence-corrected chi connectivity index (χ3v) is 3.20. The van der Waals surface area contributed by atoms with E-state index in [4.69, 9.17) is 9.47 Å². The standard InChI is InChI=1S/C18H28O2/c1-4-7-8-11-16-12-9-10-13-17(16)14-15-18(19-5-2)20-6-3/h9-10,12-15,18H,4-8,11H2,1-3H3. The maximum absolute atomic E-state index is 5.53. The van der Waals surface area contributed by atoms with Gasteiger partial charge in [-0.15, -0.1) is 0 Å². The van der Waals surface area contributed by atoms with Gasteiger partial charge in [0, 0.05) is 13.2 Å². The van der Waals surface area contributed by atoms with Gasteiger partial charge >= 0.3 is 0 Å². The van der Waals surface area contributed by atoms with E-state index in [0.717, 1.165) is 6.42 Å². The molecule has 0 radical (unpaired) electrons. The Morgan fingerprint density at radius 3 is 2.35 bits per heavy atom. The van der Waals surface area contributed by atoms with Gasteiger partial charge in [-0.05, 0) is 43.9 Å². The molecule has 20 heavy (non-hydrogen) atoms. The van der Waals surface area contributed by atoms with Crippen molar-refractivity contribution in [3.63, 3.8) is 0 Å². The number of hydrogen-bond donors (Lipinski definition) is 0. The molecule has 2 nitrogen and oxygen atoms in total. The van der Waals surface area contributed by atoms with Gasteiger partial charge < -0.3 is 9.47 Å². The molecule has 0 amide bonds. The first kappa shape index (κ1) is 16.9. The van der Waals surface area contributed by atoms with Crippen molar-refractivity contribution in [1.29, 1.82) is 0 Å². The predicted octanol–water partition coefficient (Wildman–Crippen LogP) is 4.83. The average molecular weight is 276 g/mol. The average Bonchev–Trinajstić information content (AvgIpc) is 2.47. The third-order valence-electron chi connectivity index (χ3n) is 3.20. The Kier molecular flexibility index (Phi) is 9.01. The minimum absolute atomic E-state index is 0.242. The molecule has 0 aliphatic carbocycles. The second kappa shape index (κ2) is 10.6. The Morgan fingerprint density at radius 2 is 1.70 bits per heavy atom. The summed E-state index contributed by atoms with van der Waals surface area (Å²) in [4.78, 5) is 0. The highest BCUT2D eigenvalue weighted by atomic mass is 16.7. The number of benzene rings is 1. The van der Waals surface area contributed by atoms with Crippen LogP contribution < -0.4 is 0 Å². The summed E-state index contributed by atoms with van der Waals surface area (Å²) in [7, 11) is 0. The topological polar surface area (TPSA) is 18.5 Å². The molecule has 0 aromatic heterocycles. The third kappa shape index (κ3) is 6.36. The van der Waals surface area contributed by atoms with Crippen LogP contribution in [0.2, 0.25) is 0 Å². The van der Waals surface area contributed by atoms with Gasteiger partial charge in [0.05, 0.1) is 0 Å². The highest BCUT2D eigenvalue weighted by molar-refractivity contribution is 5.54. The van der Waals surface area contributed by atoms with E-state index in [1.807, 2.05) is 19.9 Å². The van der Waals surface area contributed by atoms with Gasteiger partial charge in [0.25, 0.3) is 0 Å². The summed E-state index contributed by atoms with van der Waals surface area (Å²) >= 11 is 0. The largest absolute Gasteiger partial charge is 0.349 e. The number of ether oxygens (including phenoxy) is 2. The van der Waals surface area contributed by atoms with Crippen LogP contribution in [0.5, 0.6) is 0 Å². The van der Waals surface area contributed by atoms with E-state index in [0.29, 0.717) is 13.2 Å². The zero-order valence-corrected chi connectivity index (χ0v) is 13.1. The lowest BCUT2D eigenvalue weighted by Crippen LogP contribution is -2.14. The maximum atomic E-state index is 5.53. The predicted molar refractivity (Wildman–Crippen MR) is 85.7 cm³/mol. The van der Waals surface area contributed by atoms with Crippen molar-refractivity contribution in [3.8, 4) is 0 Å². The zero-order valence-electron chi connectivity index (χ0n) is 13.1. The molecule has 0 fully saturated rings. The fourth-order valence-electron chi connectivity index (χ4n) is 2.16. The van der Waals surface area contributed by atoms with Crippen LogP contribution in [0.25, 0.3) is 6.08 Å². The first-order chi connectivity index (χ1) is 9.81. The molecule has 1 aromatic rings. The van der Waals surface area contributed by atoms with E-state index in [-0.39, 0.29) is 6.29 Å². The summed E-state index contributed by atoms with van der Waals surface area (Å²) < 4.78 is 11.1. The summed E-state index contributed by atoms with van der Waals surface area (Å²) in [5.41, 5.74) is 2.68. The molecule has 2 heteroatoms. The molecule has 0 spiro atoms. The van der Waals surface area contributed by atoms with Crippen LogP contribution in [0.1, 0.15) is 51.2 Å². The first-order valence-corrected chi connectivity index (χ1v) is 7.81. The van der Waals surface area contributed by atoms with Crippen molar-refractivity contribution >= 4 is 6.08 Å². The zero-order chi connectivity index (χ0) is 14.6. The molecular weight excluding hydrogens is 248 g/mol. The highest BCUT2D eigenvalue weighted by Crippen LogP contribution is 2.15. The molecular formula is C18H28O2. The van der Waals surface area contributed by atoms with Crippen molar-refractivity contribution in [3.05, 3.63) is 41.5 Å². The van der Waals surface area contributed by atoms with Crippen LogP contribution in [-0.4, -0.2) is 19.5 Å². The number of rotatable bonds is 10. The molecule has 1 rings (SSSR count). The Balaban J connectivity index is 2.68.